The average Bonchev–Trinajstić information content (AvgIpc) is 2.48. The Labute approximate surface area is 132 Å². The number of aliphatic hydroxyl groups is 1. The Bertz CT molecular complexity index is 666. The number of carbonyl (C=O) groups excluding carboxylic acids is 1. The Morgan fingerprint density at radius 1 is 1.14 bits per heavy atom. The molecule has 2 N–H and O–H groups in total. The molecule has 0 aromatic heterocycles. The number of rotatable bonds is 5. The van der Waals surface area contributed by atoms with E-state index in [1.807, 2.05) is 18.2 Å². The van der Waals surface area contributed by atoms with Crippen molar-refractivity contribution in [2.75, 3.05) is 11.6 Å². The van der Waals surface area contributed by atoms with E-state index in [0.29, 0.717) is 16.1 Å². The average molecular weight is 317 g/mol. The fraction of sp³-hybridized carbons (Fsp3) is 0.235. The van der Waals surface area contributed by atoms with Crippen molar-refractivity contribution in [3.8, 4) is 0 Å². The lowest BCUT2D eigenvalue weighted by molar-refractivity contribution is -0.120. The first-order chi connectivity index (χ1) is 10.4. The maximum Gasteiger partial charge on any atom is 0.227 e. The van der Waals surface area contributed by atoms with Crippen molar-refractivity contribution in [1.29, 1.82) is 0 Å². The van der Waals surface area contributed by atoms with Gasteiger partial charge < -0.3 is 10.4 Å². The standard InChI is InChI=1S/C17H19NO3S/c1-17(20,13-6-4-3-5-7-13)12-16(19)18-14-8-10-15(11-9-14)22(2)21/h3-11,20H,12H2,1-2H3,(H,18,19). The van der Waals surface area contributed by atoms with E-state index in [4.69, 9.17) is 0 Å². The van der Waals surface area contributed by atoms with Crippen molar-refractivity contribution in [3.05, 3.63) is 60.2 Å². The first kappa shape index (κ1) is 16.4. The Morgan fingerprint density at radius 3 is 2.27 bits per heavy atom. The van der Waals surface area contributed by atoms with Gasteiger partial charge >= 0.3 is 0 Å². The molecule has 116 valence electrons. The highest BCUT2D eigenvalue weighted by Crippen LogP contribution is 2.24. The third-order valence-corrected chi connectivity index (χ3v) is 4.31. The van der Waals surface area contributed by atoms with Crippen LogP contribution in [-0.4, -0.2) is 21.5 Å². The number of hydrogen-bond acceptors (Lipinski definition) is 3. The van der Waals surface area contributed by atoms with Gasteiger partial charge in [-0.15, -0.1) is 0 Å². The molecule has 5 heteroatoms. The highest BCUT2D eigenvalue weighted by Gasteiger charge is 2.26. The molecule has 4 nitrogen and oxygen atoms in total. The second-order valence-electron chi connectivity index (χ2n) is 5.34. The van der Waals surface area contributed by atoms with Crippen LogP contribution in [0.25, 0.3) is 0 Å². The van der Waals surface area contributed by atoms with Crippen molar-refractivity contribution < 1.29 is 14.1 Å². The van der Waals surface area contributed by atoms with Gasteiger partial charge in [-0.25, -0.2) is 0 Å². The van der Waals surface area contributed by atoms with Crippen LogP contribution in [0.4, 0.5) is 5.69 Å². The maximum atomic E-state index is 12.1. The lowest BCUT2D eigenvalue weighted by atomic mass is 9.92. The minimum atomic E-state index is -1.23. The Kier molecular flexibility index (Phi) is 5.11. The monoisotopic (exact) mass is 317 g/mol. The second kappa shape index (κ2) is 6.85. The minimum absolute atomic E-state index is 0.0432. The quantitative estimate of drug-likeness (QED) is 0.891. The molecule has 0 bridgehead atoms. The molecule has 0 heterocycles. The topological polar surface area (TPSA) is 66.4 Å². The Morgan fingerprint density at radius 2 is 1.73 bits per heavy atom. The van der Waals surface area contributed by atoms with E-state index in [1.54, 1.807) is 49.6 Å². The van der Waals surface area contributed by atoms with Gasteiger partial charge in [0.15, 0.2) is 0 Å². The van der Waals surface area contributed by atoms with Gasteiger partial charge in [-0.3, -0.25) is 9.00 Å². The SMILES string of the molecule is CS(=O)c1ccc(NC(=O)CC(C)(O)c2ccccc2)cc1. The third-order valence-electron chi connectivity index (χ3n) is 3.37. The second-order valence-corrected chi connectivity index (χ2v) is 6.72. The summed E-state index contributed by atoms with van der Waals surface area (Å²) >= 11 is 0. The van der Waals surface area contributed by atoms with Crippen LogP contribution < -0.4 is 5.32 Å². The summed E-state index contributed by atoms with van der Waals surface area (Å²) in [6.07, 6.45) is 1.56. The molecule has 0 fully saturated rings. The number of hydrogen-bond donors (Lipinski definition) is 2. The van der Waals surface area contributed by atoms with Crippen LogP contribution >= 0.6 is 0 Å². The van der Waals surface area contributed by atoms with Gasteiger partial charge in [-0.05, 0) is 36.8 Å². The van der Waals surface area contributed by atoms with Gasteiger partial charge in [0.2, 0.25) is 5.91 Å². The van der Waals surface area contributed by atoms with E-state index in [1.165, 1.54) is 0 Å². The summed E-state index contributed by atoms with van der Waals surface area (Å²) in [6.45, 7) is 1.62. The van der Waals surface area contributed by atoms with Crippen LogP contribution in [0.15, 0.2) is 59.5 Å². The number of nitrogens with one attached hydrogen (secondary N) is 1. The Hall–Kier alpha value is -1.98. The molecule has 1 amide bonds. The fourth-order valence-corrected chi connectivity index (χ4v) is 2.67. The Balaban J connectivity index is 2.02. The lowest BCUT2D eigenvalue weighted by Crippen LogP contribution is -2.28. The van der Waals surface area contributed by atoms with Crippen molar-refractivity contribution in [2.24, 2.45) is 0 Å². The maximum absolute atomic E-state index is 12.1. The van der Waals surface area contributed by atoms with Gasteiger partial charge in [0, 0.05) is 27.6 Å². The van der Waals surface area contributed by atoms with E-state index >= 15 is 0 Å². The number of amides is 1. The first-order valence-corrected chi connectivity index (χ1v) is 8.45. The zero-order valence-electron chi connectivity index (χ0n) is 12.6. The molecule has 0 aliphatic rings. The zero-order valence-corrected chi connectivity index (χ0v) is 13.4. The smallest absolute Gasteiger partial charge is 0.227 e. The van der Waals surface area contributed by atoms with E-state index in [0.717, 1.165) is 0 Å². The highest BCUT2D eigenvalue weighted by molar-refractivity contribution is 7.84. The van der Waals surface area contributed by atoms with Gasteiger partial charge in [0.05, 0.1) is 12.0 Å². The molecule has 0 saturated heterocycles. The fourth-order valence-electron chi connectivity index (χ4n) is 2.15. The van der Waals surface area contributed by atoms with Crippen molar-refractivity contribution in [1.82, 2.24) is 0 Å². The molecular weight excluding hydrogens is 298 g/mol. The minimum Gasteiger partial charge on any atom is -0.385 e. The molecule has 2 rings (SSSR count). The van der Waals surface area contributed by atoms with Crippen molar-refractivity contribution >= 4 is 22.4 Å². The van der Waals surface area contributed by atoms with E-state index in [2.05, 4.69) is 5.32 Å². The molecule has 22 heavy (non-hydrogen) atoms. The number of benzene rings is 2. The zero-order chi connectivity index (χ0) is 16.2. The molecule has 0 spiro atoms. The molecule has 0 aliphatic carbocycles. The first-order valence-electron chi connectivity index (χ1n) is 6.90. The van der Waals surface area contributed by atoms with Gasteiger partial charge in [0.1, 0.15) is 0 Å². The molecule has 2 aromatic rings. The molecule has 2 atom stereocenters. The largest absolute Gasteiger partial charge is 0.385 e. The van der Waals surface area contributed by atoms with Gasteiger partial charge in [-0.2, -0.15) is 0 Å². The highest BCUT2D eigenvalue weighted by atomic mass is 32.2. The van der Waals surface area contributed by atoms with Crippen LogP contribution in [-0.2, 0) is 21.2 Å². The summed E-state index contributed by atoms with van der Waals surface area (Å²) in [6, 6.07) is 15.9. The van der Waals surface area contributed by atoms with Gasteiger partial charge in [-0.1, -0.05) is 30.3 Å². The van der Waals surface area contributed by atoms with Crippen LogP contribution in [0.2, 0.25) is 0 Å². The molecule has 0 saturated carbocycles. The summed E-state index contributed by atoms with van der Waals surface area (Å²) in [5.41, 5.74) is 0.0841. The summed E-state index contributed by atoms with van der Waals surface area (Å²) in [4.78, 5) is 12.8. The predicted octanol–water partition coefficient (Wildman–Crippen LogP) is 2.66. The normalized spacial score (nSPS) is 14.9. The predicted molar refractivity (Wildman–Crippen MR) is 88.0 cm³/mol. The van der Waals surface area contributed by atoms with E-state index < -0.39 is 16.4 Å². The molecular formula is C17H19NO3S. The van der Waals surface area contributed by atoms with Crippen LogP contribution in [0.1, 0.15) is 18.9 Å². The lowest BCUT2D eigenvalue weighted by Gasteiger charge is -2.23. The number of carbonyl (C=O) groups is 1. The van der Waals surface area contributed by atoms with Crippen molar-refractivity contribution in [2.45, 2.75) is 23.8 Å². The molecule has 0 radical (unpaired) electrons. The van der Waals surface area contributed by atoms with E-state index in [-0.39, 0.29) is 12.3 Å². The van der Waals surface area contributed by atoms with Crippen molar-refractivity contribution in [3.63, 3.8) is 0 Å². The van der Waals surface area contributed by atoms with Gasteiger partial charge in [0.25, 0.3) is 0 Å². The van der Waals surface area contributed by atoms with Crippen LogP contribution in [0, 0.1) is 0 Å². The number of anilines is 1. The summed E-state index contributed by atoms with van der Waals surface area (Å²) in [7, 11) is -1.04. The van der Waals surface area contributed by atoms with Crippen LogP contribution in [0.3, 0.4) is 0 Å². The third kappa shape index (κ3) is 4.26. The summed E-state index contributed by atoms with van der Waals surface area (Å²) in [5.74, 6) is -0.278. The van der Waals surface area contributed by atoms with E-state index in [9.17, 15) is 14.1 Å². The molecule has 2 aromatic carbocycles. The molecule has 2 unspecified atom stereocenters. The summed E-state index contributed by atoms with van der Waals surface area (Å²) in [5, 5.41) is 13.2. The molecule has 0 aliphatic heterocycles. The van der Waals surface area contributed by atoms with Crippen LogP contribution in [0.5, 0.6) is 0 Å². The summed E-state index contributed by atoms with van der Waals surface area (Å²) < 4.78 is 11.3.